The number of carbonyl (C=O) groups is 1. The van der Waals surface area contributed by atoms with Crippen LogP contribution < -0.4 is 10.9 Å². The number of aromatic nitrogens is 2. The highest BCUT2D eigenvalue weighted by Crippen LogP contribution is 2.20. The number of amides is 2. The van der Waals surface area contributed by atoms with Gasteiger partial charge in [-0.25, -0.2) is 14.2 Å². The molecule has 0 unspecified atom stereocenters. The Labute approximate surface area is 161 Å². The molecular weight excluding hydrogens is 359 g/mol. The van der Waals surface area contributed by atoms with Crippen molar-refractivity contribution in [1.82, 2.24) is 14.9 Å². The van der Waals surface area contributed by atoms with Gasteiger partial charge >= 0.3 is 6.03 Å². The molecule has 1 aliphatic heterocycles. The fraction of sp³-hybridized carbons (Fsp3) is 0.190. The number of fused-ring (bicyclic) bond motifs is 1. The van der Waals surface area contributed by atoms with Gasteiger partial charge in [0.05, 0.1) is 23.5 Å². The number of nitrogens with zero attached hydrogens (tertiary/aromatic N) is 2. The van der Waals surface area contributed by atoms with E-state index in [1.54, 1.807) is 12.1 Å². The summed E-state index contributed by atoms with van der Waals surface area (Å²) in [6, 6.07) is 13.3. The number of hydrogen-bond acceptors (Lipinski definition) is 3. The van der Waals surface area contributed by atoms with E-state index in [4.69, 9.17) is 0 Å². The molecular formula is C21H19FN4O2. The predicted molar refractivity (Wildman–Crippen MR) is 105 cm³/mol. The first-order valence-electron chi connectivity index (χ1n) is 9.01. The number of para-hydroxylation sites is 1. The topological polar surface area (TPSA) is 78.1 Å². The molecule has 1 aliphatic rings. The standard InChI is InChI=1S/C21H19FN4O2/c1-13-6-8-14(9-7-13)19-23-17-10-11-26(12-15(17)20(27)25-19)21(28)24-18-5-3-2-4-16(18)22/h2-9H,10-12H2,1H3,(H,24,28)(H,23,25,27). The SMILES string of the molecule is Cc1ccc(-c2nc3c(c(=O)[nH]2)CN(C(=O)Nc2ccccc2F)CC3)cc1. The van der Waals surface area contributed by atoms with Gasteiger partial charge in [0.25, 0.3) is 5.56 Å². The largest absolute Gasteiger partial charge is 0.322 e. The molecule has 2 amide bonds. The fourth-order valence-corrected chi connectivity index (χ4v) is 3.20. The van der Waals surface area contributed by atoms with Crippen LogP contribution in [0.3, 0.4) is 0 Å². The third-order valence-corrected chi connectivity index (χ3v) is 4.80. The molecule has 7 heteroatoms. The minimum Gasteiger partial charge on any atom is -0.320 e. The summed E-state index contributed by atoms with van der Waals surface area (Å²) in [5.41, 5.74) is 2.97. The monoisotopic (exact) mass is 378 g/mol. The Hall–Kier alpha value is -3.48. The number of carbonyl (C=O) groups excluding carboxylic acids is 1. The van der Waals surface area contributed by atoms with Gasteiger partial charge in [0, 0.05) is 18.5 Å². The van der Waals surface area contributed by atoms with Gasteiger partial charge in [0.2, 0.25) is 0 Å². The Morgan fingerprint density at radius 3 is 2.68 bits per heavy atom. The van der Waals surface area contributed by atoms with Crippen LogP contribution in [0.4, 0.5) is 14.9 Å². The van der Waals surface area contributed by atoms with E-state index in [2.05, 4.69) is 15.3 Å². The zero-order valence-corrected chi connectivity index (χ0v) is 15.3. The lowest BCUT2D eigenvalue weighted by Crippen LogP contribution is -2.41. The Kier molecular flexibility index (Phi) is 4.65. The van der Waals surface area contributed by atoms with Crippen LogP contribution in [-0.4, -0.2) is 27.4 Å². The zero-order chi connectivity index (χ0) is 19.7. The molecule has 6 nitrogen and oxygen atoms in total. The highest BCUT2D eigenvalue weighted by molar-refractivity contribution is 5.89. The number of halogens is 1. The summed E-state index contributed by atoms with van der Waals surface area (Å²) in [4.78, 5) is 33.9. The number of aryl methyl sites for hydroxylation is 1. The van der Waals surface area contributed by atoms with Crippen LogP contribution in [0.25, 0.3) is 11.4 Å². The molecule has 2 N–H and O–H groups in total. The van der Waals surface area contributed by atoms with Gasteiger partial charge in [-0.3, -0.25) is 4.79 Å². The molecule has 0 fully saturated rings. The van der Waals surface area contributed by atoms with Crippen molar-refractivity contribution in [3.63, 3.8) is 0 Å². The van der Waals surface area contributed by atoms with Gasteiger partial charge in [-0.1, -0.05) is 42.0 Å². The maximum Gasteiger partial charge on any atom is 0.322 e. The minimum absolute atomic E-state index is 0.111. The quantitative estimate of drug-likeness (QED) is 0.717. The molecule has 4 rings (SSSR count). The predicted octanol–water partition coefficient (Wildman–Crippen LogP) is 3.47. The molecule has 0 bridgehead atoms. The minimum atomic E-state index is -0.504. The Bertz CT molecular complexity index is 1090. The van der Waals surface area contributed by atoms with Crippen LogP contribution >= 0.6 is 0 Å². The summed E-state index contributed by atoms with van der Waals surface area (Å²) in [6.07, 6.45) is 0.461. The van der Waals surface area contributed by atoms with Crippen molar-refractivity contribution < 1.29 is 9.18 Å². The number of rotatable bonds is 2. The summed E-state index contributed by atoms with van der Waals surface area (Å²) >= 11 is 0. The zero-order valence-electron chi connectivity index (χ0n) is 15.3. The molecule has 0 saturated heterocycles. The molecule has 142 valence electrons. The van der Waals surface area contributed by atoms with Crippen molar-refractivity contribution in [2.75, 3.05) is 11.9 Å². The lowest BCUT2D eigenvalue weighted by molar-refractivity contribution is 0.205. The highest BCUT2D eigenvalue weighted by atomic mass is 19.1. The van der Waals surface area contributed by atoms with Crippen molar-refractivity contribution >= 4 is 11.7 Å². The third kappa shape index (κ3) is 3.51. The van der Waals surface area contributed by atoms with E-state index in [0.29, 0.717) is 30.0 Å². The maximum absolute atomic E-state index is 13.8. The number of aromatic amines is 1. The molecule has 3 aromatic rings. The number of anilines is 1. The van der Waals surface area contributed by atoms with E-state index < -0.39 is 11.8 Å². The Morgan fingerprint density at radius 1 is 1.18 bits per heavy atom. The highest BCUT2D eigenvalue weighted by Gasteiger charge is 2.25. The van der Waals surface area contributed by atoms with E-state index in [0.717, 1.165) is 11.1 Å². The third-order valence-electron chi connectivity index (χ3n) is 4.80. The lowest BCUT2D eigenvalue weighted by atomic mass is 10.1. The average Bonchev–Trinajstić information content (AvgIpc) is 2.70. The first kappa shape index (κ1) is 17.9. The molecule has 0 spiro atoms. The van der Waals surface area contributed by atoms with Crippen LogP contribution in [0.15, 0.2) is 53.3 Å². The smallest absolute Gasteiger partial charge is 0.320 e. The second-order valence-corrected chi connectivity index (χ2v) is 6.79. The maximum atomic E-state index is 13.8. The van der Waals surface area contributed by atoms with Crippen LogP contribution in [0.5, 0.6) is 0 Å². The normalized spacial score (nSPS) is 13.1. The van der Waals surface area contributed by atoms with Crippen molar-refractivity contribution in [3.8, 4) is 11.4 Å². The van der Waals surface area contributed by atoms with Gasteiger partial charge < -0.3 is 15.2 Å². The van der Waals surface area contributed by atoms with E-state index in [1.165, 1.54) is 17.0 Å². The molecule has 0 atom stereocenters. The first-order valence-corrected chi connectivity index (χ1v) is 9.01. The van der Waals surface area contributed by atoms with Crippen molar-refractivity contribution in [1.29, 1.82) is 0 Å². The summed E-state index contributed by atoms with van der Waals surface area (Å²) in [5.74, 6) is 0.0171. The summed E-state index contributed by atoms with van der Waals surface area (Å²) in [7, 11) is 0. The molecule has 0 saturated carbocycles. The van der Waals surface area contributed by atoms with E-state index >= 15 is 0 Å². The molecule has 0 aliphatic carbocycles. The van der Waals surface area contributed by atoms with Gasteiger partial charge in [0.15, 0.2) is 0 Å². The number of benzene rings is 2. The molecule has 2 aromatic carbocycles. The van der Waals surface area contributed by atoms with Crippen molar-refractivity contribution in [2.45, 2.75) is 19.9 Å². The van der Waals surface area contributed by atoms with Crippen LogP contribution in [0, 0.1) is 12.7 Å². The van der Waals surface area contributed by atoms with E-state index in [9.17, 15) is 14.0 Å². The van der Waals surface area contributed by atoms with Crippen molar-refractivity contribution in [2.24, 2.45) is 0 Å². The number of H-pyrrole nitrogens is 1. The summed E-state index contributed by atoms with van der Waals surface area (Å²) in [5, 5.41) is 2.55. The van der Waals surface area contributed by atoms with Gasteiger partial charge in [0.1, 0.15) is 11.6 Å². The van der Waals surface area contributed by atoms with Gasteiger partial charge in [-0.05, 0) is 19.1 Å². The Balaban J connectivity index is 1.56. The van der Waals surface area contributed by atoms with Crippen LogP contribution in [0.2, 0.25) is 0 Å². The van der Waals surface area contributed by atoms with E-state index in [-0.39, 0.29) is 17.8 Å². The van der Waals surface area contributed by atoms with Crippen molar-refractivity contribution in [3.05, 3.63) is 81.5 Å². The van der Waals surface area contributed by atoms with Crippen LogP contribution in [-0.2, 0) is 13.0 Å². The number of urea groups is 1. The Morgan fingerprint density at radius 2 is 1.93 bits per heavy atom. The number of nitrogens with one attached hydrogen (secondary N) is 2. The van der Waals surface area contributed by atoms with Gasteiger partial charge in [-0.2, -0.15) is 0 Å². The molecule has 1 aromatic heterocycles. The average molecular weight is 378 g/mol. The van der Waals surface area contributed by atoms with Crippen LogP contribution in [0.1, 0.15) is 16.8 Å². The fourth-order valence-electron chi connectivity index (χ4n) is 3.20. The lowest BCUT2D eigenvalue weighted by Gasteiger charge is -2.28. The van der Waals surface area contributed by atoms with E-state index in [1.807, 2.05) is 31.2 Å². The first-order chi connectivity index (χ1) is 13.5. The number of hydrogen-bond donors (Lipinski definition) is 2. The molecule has 28 heavy (non-hydrogen) atoms. The van der Waals surface area contributed by atoms with Gasteiger partial charge in [-0.15, -0.1) is 0 Å². The second kappa shape index (κ2) is 7.26. The molecule has 2 heterocycles. The molecule has 0 radical (unpaired) electrons. The summed E-state index contributed by atoms with van der Waals surface area (Å²) in [6.45, 7) is 2.52. The summed E-state index contributed by atoms with van der Waals surface area (Å²) < 4.78 is 13.8. The second-order valence-electron chi connectivity index (χ2n) is 6.79.